The number of hydrogen-bond acceptors (Lipinski definition) is 2. The molecule has 3 rings (SSSR count). The molecular weight excluding hydrogens is 462 g/mol. The van der Waals surface area contributed by atoms with Crippen LogP contribution in [0.4, 0.5) is 23.2 Å². The van der Waals surface area contributed by atoms with E-state index in [-0.39, 0.29) is 42.3 Å². The van der Waals surface area contributed by atoms with E-state index in [1.54, 1.807) is 23.1 Å². The van der Waals surface area contributed by atoms with Crippen molar-refractivity contribution in [2.75, 3.05) is 45.1 Å². The van der Waals surface area contributed by atoms with Gasteiger partial charge in [-0.25, -0.2) is 4.39 Å². The summed E-state index contributed by atoms with van der Waals surface area (Å²) in [7, 11) is 1.88. The molecule has 1 aliphatic rings. The molecule has 0 unspecified atom stereocenters. The van der Waals surface area contributed by atoms with Crippen LogP contribution in [0.3, 0.4) is 0 Å². The van der Waals surface area contributed by atoms with Crippen LogP contribution < -0.4 is 17.7 Å². The van der Waals surface area contributed by atoms with Crippen molar-refractivity contribution in [3.05, 3.63) is 71.6 Å². The number of nitrogens with one attached hydrogen (secondary N) is 1. The van der Waals surface area contributed by atoms with Crippen LogP contribution in [0.25, 0.3) is 6.08 Å². The van der Waals surface area contributed by atoms with Crippen LogP contribution in [0.2, 0.25) is 0 Å². The minimum Gasteiger partial charge on any atom is -1.00 e. The van der Waals surface area contributed by atoms with Gasteiger partial charge in [-0.2, -0.15) is 13.2 Å². The number of carbonyl (C=O) groups excluding carboxylic acids is 2. The molecule has 5 nitrogen and oxygen atoms in total. The largest absolute Gasteiger partial charge is 1.00 e. The average molecular weight is 486 g/mol. The molecule has 0 aromatic heterocycles. The number of alkyl halides is 3. The van der Waals surface area contributed by atoms with E-state index < -0.39 is 11.7 Å². The van der Waals surface area contributed by atoms with E-state index in [0.717, 1.165) is 12.1 Å². The van der Waals surface area contributed by atoms with E-state index in [1.165, 1.54) is 30.3 Å². The first-order chi connectivity index (χ1) is 15.0. The van der Waals surface area contributed by atoms with Crippen molar-refractivity contribution in [1.29, 1.82) is 0 Å². The standard InChI is InChI=1S/C23H23F4N3O2.ClH/c1-30(16-21(31)28-20-4-2-3-18(15-20)23(25,26)27)13-11-29(12-14-30)22(32)10-7-17-5-8-19(24)9-6-17;/h2-10,15H,11-14,16H2,1H3;1H. The van der Waals surface area contributed by atoms with Crippen molar-refractivity contribution in [2.24, 2.45) is 0 Å². The Bertz CT molecular complexity index is 1000. The second-order valence-corrected chi connectivity index (χ2v) is 8.06. The van der Waals surface area contributed by atoms with E-state index in [9.17, 15) is 27.2 Å². The summed E-state index contributed by atoms with van der Waals surface area (Å²) in [4.78, 5) is 26.5. The number of amides is 2. The minimum absolute atomic E-state index is 0. The van der Waals surface area contributed by atoms with Crippen molar-refractivity contribution >= 4 is 23.6 Å². The quantitative estimate of drug-likeness (QED) is 0.387. The number of hydrogen-bond donors (Lipinski definition) is 1. The molecule has 2 aromatic carbocycles. The van der Waals surface area contributed by atoms with Crippen LogP contribution >= 0.6 is 0 Å². The van der Waals surface area contributed by atoms with Crippen LogP contribution in [-0.2, 0) is 15.8 Å². The van der Waals surface area contributed by atoms with Gasteiger partial charge in [-0.15, -0.1) is 0 Å². The second-order valence-electron chi connectivity index (χ2n) is 8.06. The molecule has 1 saturated heterocycles. The zero-order valence-electron chi connectivity index (χ0n) is 17.9. The van der Waals surface area contributed by atoms with Crippen molar-refractivity contribution in [3.8, 4) is 0 Å². The Labute approximate surface area is 195 Å². The molecule has 0 saturated carbocycles. The van der Waals surface area contributed by atoms with Gasteiger partial charge in [0.15, 0.2) is 6.54 Å². The molecule has 0 radical (unpaired) electrons. The molecule has 0 aliphatic carbocycles. The fourth-order valence-electron chi connectivity index (χ4n) is 3.49. The molecule has 178 valence electrons. The molecule has 2 aromatic rings. The number of likely N-dealkylation sites (N-methyl/N-ethyl adjacent to an activating group) is 1. The number of anilines is 1. The summed E-state index contributed by atoms with van der Waals surface area (Å²) < 4.78 is 51.8. The van der Waals surface area contributed by atoms with Crippen molar-refractivity contribution in [1.82, 2.24) is 4.90 Å². The monoisotopic (exact) mass is 485 g/mol. The molecule has 1 heterocycles. The van der Waals surface area contributed by atoms with E-state index in [0.29, 0.717) is 36.2 Å². The average Bonchev–Trinajstić information content (AvgIpc) is 2.73. The van der Waals surface area contributed by atoms with Crippen LogP contribution in [0.5, 0.6) is 0 Å². The zero-order chi connectivity index (χ0) is 23.4. The smallest absolute Gasteiger partial charge is 0.416 e. The molecule has 0 spiro atoms. The topological polar surface area (TPSA) is 49.4 Å². The van der Waals surface area contributed by atoms with Crippen LogP contribution in [-0.4, -0.2) is 61.0 Å². The number of halogens is 5. The normalized spacial score (nSPS) is 15.7. The molecule has 0 atom stereocenters. The van der Waals surface area contributed by atoms with Crippen molar-refractivity contribution in [3.63, 3.8) is 0 Å². The van der Waals surface area contributed by atoms with Gasteiger partial charge in [-0.3, -0.25) is 9.59 Å². The minimum atomic E-state index is -4.48. The molecule has 10 heteroatoms. The Morgan fingerprint density at radius 2 is 1.73 bits per heavy atom. The van der Waals surface area contributed by atoms with Crippen LogP contribution in [0.1, 0.15) is 11.1 Å². The maximum absolute atomic E-state index is 13.0. The SMILES string of the molecule is C[N+]1(CC(=O)Nc2cccc(C(F)(F)F)c2)CCN(C(=O)C=Cc2ccc(F)cc2)CC1.[Cl-]. The van der Waals surface area contributed by atoms with Gasteiger partial charge < -0.3 is 27.1 Å². The number of benzene rings is 2. The van der Waals surface area contributed by atoms with Gasteiger partial charge in [0.05, 0.1) is 38.8 Å². The Hall–Kier alpha value is -2.91. The van der Waals surface area contributed by atoms with E-state index in [4.69, 9.17) is 0 Å². The summed E-state index contributed by atoms with van der Waals surface area (Å²) in [5.41, 5.74) is -0.0173. The third kappa shape index (κ3) is 7.57. The molecular formula is C23H24ClF4N3O2. The lowest BCUT2D eigenvalue weighted by Crippen LogP contribution is -3.00. The van der Waals surface area contributed by atoms with E-state index in [2.05, 4.69) is 5.32 Å². The number of rotatable bonds is 5. The first kappa shape index (κ1) is 26.3. The summed E-state index contributed by atoms with van der Waals surface area (Å²) in [6.45, 7) is 2.04. The summed E-state index contributed by atoms with van der Waals surface area (Å²) in [6.07, 6.45) is -1.43. The number of piperazine rings is 1. The molecule has 0 bridgehead atoms. The van der Waals surface area contributed by atoms with Crippen molar-refractivity contribution in [2.45, 2.75) is 6.18 Å². The lowest BCUT2D eigenvalue weighted by molar-refractivity contribution is -0.905. The van der Waals surface area contributed by atoms with Gasteiger partial charge >= 0.3 is 6.18 Å². The molecule has 1 aliphatic heterocycles. The highest BCUT2D eigenvalue weighted by atomic mass is 35.5. The molecule has 1 N–H and O–H groups in total. The van der Waals surface area contributed by atoms with Gasteiger partial charge in [0.1, 0.15) is 5.82 Å². The van der Waals surface area contributed by atoms with Gasteiger partial charge in [0.2, 0.25) is 5.91 Å². The van der Waals surface area contributed by atoms with Gasteiger partial charge in [0, 0.05) is 11.8 Å². The first-order valence-corrected chi connectivity index (χ1v) is 10.1. The Morgan fingerprint density at radius 3 is 2.33 bits per heavy atom. The summed E-state index contributed by atoms with van der Waals surface area (Å²) in [6, 6.07) is 10.3. The fraction of sp³-hybridized carbons (Fsp3) is 0.304. The van der Waals surface area contributed by atoms with Crippen LogP contribution in [0.15, 0.2) is 54.6 Å². The summed E-state index contributed by atoms with van der Waals surface area (Å²) >= 11 is 0. The summed E-state index contributed by atoms with van der Waals surface area (Å²) in [5.74, 6) is -0.907. The maximum atomic E-state index is 13.0. The summed E-state index contributed by atoms with van der Waals surface area (Å²) in [5, 5.41) is 2.53. The maximum Gasteiger partial charge on any atom is 0.416 e. The number of carbonyl (C=O) groups is 2. The third-order valence-electron chi connectivity index (χ3n) is 5.42. The highest BCUT2D eigenvalue weighted by molar-refractivity contribution is 5.92. The fourth-order valence-corrected chi connectivity index (χ4v) is 3.49. The van der Waals surface area contributed by atoms with Gasteiger partial charge in [-0.05, 0) is 42.0 Å². The first-order valence-electron chi connectivity index (χ1n) is 10.1. The number of nitrogens with zero attached hydrogens (tertiary/aromatic N) is 2. The molecule has 2 amide bonds. The highest BCUT2D eigenvalue weighted by Crippen LogP contribution is 2.30. The molecule has 1 fully saturated rings. The third-order valence-corrected chi connectivity index (χ3v) is 5.42. The van der Waals surface area contributed by atoms with E-state index >= 15 is 0 Å². The van der Waals surface area contributed by atoms with Crippen LogP contribution in [0, 0.1) is 5.82 Å². The van der Waals surface area contributed by atoms with Gasteiger partial charge in [-0.1, -0.05) is 18.2 Å². The van der Waals surface area contributed by atoms with Crippen molar-refractivity contribution < 1.29 is 44.0 Å². The number of quaternary nitrogens is 1. The predicted molar refractivity (Wildman–Crippen MR) is 113 cm³/mol. The zero-order valence-corrected chi connectivity index (χ0v) is 18.7. The highest BCUT2D eigenvalue weighted by Gasteiger charge is 2.33. The Balaban J connectivity index is 0.00000385. The van der Waals surface area contributed by atoms with E-state index in [1.807, 2.05) is 7.05 Å². The Morgan fingerprint density at radius 1 is 1.09 bits per heavy atom. The van der Waals surface area contributed by atoms with Gasteiger partial charge in [0.25, 0.3) is 5.91 Å². The molecule has 33 heavy (non-hydrogen) atoms. The Kier molecular flexibility index (Phi) is 8.63. The lowest BCUT2D eigenvalue weighted by Gasteiger charge is -2.41. The second kappa shape index (κ2) is 10.8. The predicted octanol–water partition coefficient (Wildman–Crippen LogP) is 0.789. The lowest BCUT2D eigenvalue weighted by atomic mass is 10.2.